The zero-order valence-electron chi connectivity index (χ0n) is 15.6. The van der Waals surface area contributed by atoms with Gasteiger partial charge < -0.3 is 14.8 Å². The van der Waals surface area contributed by atoms with Crippen molar-refractivity contribution in [2.24, 2.45) is 0 Å². The van der Waals surface area contributed by atoms with Gasteiger partial charge in [0.2, 0.25) is 0 Å². The van der Waals surface area contributed by atoms with Gasteiger partial charge in [0.25, 0.3) is 0 Å². The lowest BCUT2D eigenvalue weighted by molar-refractivity contribution is 0.128. The Morgan fingerprint density at radius 3 is 2.67 bits per heavy atom. The highest BCUT2D eigenvalue weighted by Gasteiger charge is 2.10. The number of halogens is 3. The molecule has 2 aromatic rings. The molecule has 0 amide bonds. The molecule has 148 valence electrons. The van der Waals surface area contributed by atoms with Crippen molar-refractivity contribution in [1.29, 1.82) is 0 Å². The summed E-state index contributed by atoms with van der Waals surface area (Å²) in [5.74, 6) is 0.282. The molecule has 0 radical (unpaired) electrons. The molecule has 0 aliphatic rings. The van der Waals surface area contributed by atoms with E-state index in [4.69, 9.17) is 32.7 Å². The Morgan fingerprint density at radius 2 is 1.89 bits per heavy atom. The Bertz CT molecular complexity index is 692. The predicted molar refractivity (Wildman–Crippen MR) is 109 cm³/mol. The summed E-state index contributed by atoms with van der Waals surface area (Å²) in [5, 5.41) is 4.35. The number of nitrogens with one attached hydrogen (secondary N) is 1. The van der Waals surface area contributed by atoms with Crippen LogP contribution in [0.3, 0.4) is 0 Å². The van der Waals surface area contributed by atoms with Gasteiger partial charge in [0, 0.05) is 35.9 Å². The van der Waals surface area contributed by atoms with Crippen molar-refractivity contribution in [3.05, 3.63) is 63.4 Å². The highest BCUT2D eigenvalue weighted by atomic mass is 35.5. The third kappa shape index (κ3) is 7.67. The van der Waals surface area contributed by atoms with E-state index in [2.05, 4.69) is 12.2 Å². The van der Waals surface area contributed by atoms with Crippen molar-refractivity contribution in [2.45, 2.75) is 39.3 Å². The Kier molecular flexibility index (Phi) is 9.92. The van der Waals surface area contributed by atoms with E-state index >= 15 is 0 Å². The molecule has 0 unspecified atom stereocenters. The first kappa shape index (κ1) is 22.0. The number of rotatable bonds is 12. The first-order valence-electron chi connectivity index (χ1n) is 9.24. The van der Waals surface area contributed by atoms with Crippen LogP contribution in [0, 0.1) is 5.82 Å². The number of unbranched alkanes of at least 4 members (excludes halogenated alkanes) is 1. The fourth-order valence-electron chi connectivity index (χ4n) is 2.52. The van der Waals surface area contributed by atoms with Crippen LogP contribution < -0.4 is 10.1 Å². The van der Waals surface area contributed by atoms with E-state index in [1.54, 1.807) is 24.3 Å². The maximum Gasteiger partial charge on any atom is 0.131 e. The van der Waals surface area contributed by atoms with Crippen molar-refractivity contribution >= 4 is 23.2 Å². The van der Waals surface area contributed by atoms with Gasteiger partial charge in [-0.05, 0) is 49.7 Å². The monoisotopic (exact) mass is 413 g/mol. The van der Waals surface area contributed by atoms with Crippen LogP contribution in [0.5, 0.6) is 5.75 Å². The topological polar surface area (TPSA) is 30.5 Å². The molecule has 0 aromatic heterocycles. The maximum absolute atomic E-state index is 13.9. The average Bonchev–Trinajstić information content (AvgIpc) is 2.65. The standard InChI is InChI=1S/C21H26Cl2FNO2/c1-2-3-11-26-12-5-10-25-14-16-13-17(22)8-9-21(16)27-15-18-19(23)6-4-7-20(18)24/h4,6-9,13,25H,2-3,5,10-12,14-15H2,1H3. The lowest BCUT2D eigenvalue weighted by Crippen LogP contribution is -2.17. The number of ether oxygens (including phenoxy) is 2. The molecular formula is C21H26Cl2FNO2. The van der Waals surface area contributed by atoms with Crippen molar-refractivity contribution in [2.75, 3.05) is 19.8 Å². The second-order valence-corrected chi connectivity index (χ2v) is 7.08. The van der Waals surface area contributed by atoms with Gasteiger partial charge in [-0.15, -0.1) is 0 Å². The molecule has 0 heterocycles. The zero-order valence-corrected chi connectivity index (χ0v) is 17.1. The summed E-state index contributed by atoms with van der Waals surface area (Å²) in [7, 11) is 0. The molecule has 1 N–H and O–H groups in total. The largest absolute Gasteiger partial charge is 0.488 e. The molecule has 0 spiro atoms. The second kappa shape index (κ2) is 12.2. The molecule has 0 bridgehead atoms. The highest BCUT2D eigenvalue weighted by molar-refractivity contribution is 6.31. The Labute approximate surface area is 170 Å². The first-order chi connectivity index (χ1) is 13.1. The van der Waals surface area contributed by atoms with Crippen LogP contribution in [0.4, 0.5) is 4.39 Å². The normalized spacial score (nSPS) is 11.0. The molecule has 3 nitrogen and oxygen atoms in total. The molecule has 2 rings (SSSR count). The van der Waals surface area contributed by atoms with Gasteiger partial charge in [0.05, 0.1) is 5.02 Å². The summed E-state index contributed by atoms with van der Waals surface area (Å²) in [4.78, 5) is 0. The lowest BCUT2D eigenvalue weighted by Gasteiger charge is -2.14. The Morgan fingerprint density at radius 1 is 1.07 bits per heavy atom. The SMILES string of the molecule is CCCCOCCCNCc1cc(Cl)ccc1OCc1c(F)cccc1Cl. The van der Waals surface area contributed by atoms with E-state index in [-0.39, 0.29) is 12.4 Å². The average molecular weight is 414 g/mol. The summed E-state index contributed by atoms with van der Waals surface area (Å²) in [6.07, 6.45) is 3.18. The molecule has 0 atom stereocenters. The van der Waals surface area contributed by atoms with E-state index in [1.807, 2.05) is 6.07 Å². The predicted octanol–water partition coefficient (Wildman–Crippen LogP) is 6.01. The van der Waals surface area contributed by atoms with Gasteiger partial charge in [-0.25, -0.2) is 4.39 Å². The fraction of sp³-hybridized carbons (Fsp3) is 0.429. The van der Waals surface area contributed by atoms with Gasteiger partial charge in [-0.1, -0.05) is 42.6 Å². The zero-order chi connectivity index (χ0) is 19.5. The number of benzene rings is 2. The Balaban J connectivity index is 1.85. The molecule has 2 aromatic carbocycles. The van der Waals surface area contributed by atoms with Crippen LogP contribution in [-0.4, -0.2) is 19.8 Å². The van der Waals surface area contributed by atoms with Gasteiger partial charge in [-0.2, -0.15) is 0 Å². The second-order valence-electron chi connectivity index (χ2n) is 6.24. The van der Waals surface area contributed by atoms with Crippen molar-refractivity contribution in [3.63, 3.8) is 0 Å². The summed E-state index contributed by atoms with van der Waals surface area (Å²) in [6.45, 7) is 5.22. The molecule has 0 fully saturated rings. The molecule has 0 saturated carbocycles. The van der Waals surface area contributed by atoms with Crippen LogP contribution in [-0.2, 0) is 17.9 Å². The van der Waals surface area contributed by atoms with Gasteiger partial charge in [0.1, 0.15) is 18.2 Å². The minimum Gasteiger partial charge on any atom is -0.488 e. The fourth-order valence-corrected chi connectivity index (χ4v) is 2.93. The van der Waals surface area contributed by atoms with Crippen LogP contribution in [0.2, 0.25) is 10.0 Å². The van der Waals surface area contributed by atoms with E-state index in [1.165, 1.54) is 6.07 Å². The highest BCUT2D eigenvalue weighted by Crippen LogP contribution is 2.26. The molecule has 0 aliphatic carbocycles. The maximum atomic E-state index is 13.9. The smallest absolute Gasteiger partial charge is 0.131 e. The van der Waals surface area contributed by atoms with Crippen LogP contribution in [0.25, 0.3) is 0 Å². The third-order valence-corrected chi connectivity index (χ3v) is 4.65. The summed E-state index contributed by atoms with van der Waals surface area (Å²) >= 11 is 12.2. The van der Waals surface area contributed by atoms with E-state index < -0.39 is 0 Å². The number of hydrogen-bond donors (Lipinski definition) is 1. The van der Waals surface area contributed by atoms with Crippen molar-refractivity contribution in [3.8, 4) is 5.75 Å². The Hall–Kier alpha value is -1.33. The minimum absolute atomic E-state index is 0.0609. The van der Waals surface area contributed by atoms with Gasteiger partial charge >= 0.3 is 0 Å². The molecule has 0 aliphatic heterocycles. The van der Waals surface area contributed by atoms with Gasteiger partial charge in [0.15, 0.2) is 0 Å². The van der Waals surface area contributed by atoms with Crippen molar-refractivity contribution < 1.29 is 13.9 Å². The van der Waals surface area contributed by atoms with Crippen LogP contribution in [0.1, 0.15) is 37.3 Å². The molecular weight excluding hydrogens is 388 g/mol. The van der Waals surface area contributed by atoms with Crippen LogP contribution >= 0.6 is 23.2 Å². The number of hydrogen-bond acceptors (Lipinski definition) is 3. The first-order valence-corrected chi connectivity index (χ1v) is 10.00. The van der Waals surface area contributed by atoms with Crippen LogP contribution in [0.15, 0.2) is 36.4 Å². The minimum atomic E-state index is -0.376. The van der Waals surface area contributed by atoms with E-state index in [0.29, 0.717) is 27.9 Å². The van der Waals surface area contributed by atoms with E-state index in [9.17, 15) is 4.39 Å². The summed E-state index contributed by atoms with van der Waals surface area (Å²) < 4.78 is 25.3. The third-order valence-electron chi connectivity index (χ3n) is 4.06. The lowest BCUT2D eigenvalue weighted by atomic mass is 10.2. The summed E-state index contributed by atoms with van der Waals surface area (Å²) in [6, 6.07) is 10.00. The van der Waals surface area contributed by atoms with E-state index in [0.717, 1.165) is 44.6 Å². The molecule has 27 heavy (non-hydrogen) atoms. The molecule has 0 saturated heterocycles. The molecule has 6 heteroatoms. The summed E-state index contributed by atoms with van der Waals surface area (Å²) in [5.41, 5.74) is 1.26. The quantitative estimate of drug-likeness (QED) is 0.432. The van der Waals surface area contributed by atoms with Gasteiger partial charge in [-0.3, -0.25) is 0 Å². The van der Waals surface area contributed by atoms with Crippen molar-refractivity contribution in [1.82, 2.24) is 5.32 Å².